The summed E-state index contributed by atoms with van der Waals surface area (Å²) in [7, 11) is 1.56. The Bertz CT molecular complexity index is 989. The Labute approximate surface area is 158 Å². The summed E-state index contributed by atoms with van der Waals surface area (Å²) in [5.41, 5.74) is 4.89. The molecule has 1 aliphatic rings. The van der Waals surface area contributed by atoms with E-state index in [9.17, 15) is 4.79 Å². The highest BCUT2D eigenvalue weighted by Gasteiger charge is 2.25. The van der Waals surface area contributed by atoms with Gasteiger partial charge in [0.25, 0.3) is 5.91 Å². The van der Waals surface area contributed by atoms with Crippen LogP contribution in [0.25, 0.3) is 5.65 Å². The van der Waals surface area contributed by atoms with Crippen LogP contribution in [0.3, 0.4) is 0 Å². The molecule has 0 atom stereocenters. The third-order valence-electron chi connectivity index (χ3n) is 5.21. The lowest BCUT2D eigenvalue weighted by molar-refractivity contribution is 0.0741. The second kappa shape index (κ2) is 6.90. The molecule has 0 bridgehead atoms. The topological polar surface area (TPSA) is 63.0 Å². The van der Waals surface area contributed by atoms with Gasteiger partial charge in [-0.2, -0.15) is 0 Å². The van der Waals surface area contributed by atoms with Crippen LogP contribution >= 0.6 is 0 Å². The summed E-state index contributed by atoms with van der Waals surface area (Å²) in [6.07, 6.45) is 1.66. The van der Waals surface area contributed by atoms with E-state index in [0.29, 0.717) is 30.3 Å². The first-order chi connectivity index (χ1) is 13.1. The lowest BCUT2D eigenvalue weighted by atomic mass is 10.1. The Balaban J connectivity index is 1.48. The number of nitrogens with zero attached hydrogens (tertiary/aromatic N) is 5. The van der Waals surface area contributed by atoms with E-state index in [4.69, 9.17) is 4.74 Å². The predicted octanol–water partition coefficient (Wildman–Crippen LogP) is 2.32. The smallest absolute Gasteiger partial charge is 0.274 e. The predicted molar refractivity (Wildman–Crippen MR) is 104 cm³/mol. The van der Waals surface area contributed by atoms with Crippen molar-refractivity contribution in [1.29, 1.82) is 0 Å². The van der Waals surface area contributed by atoms with Crippen LogP contribution < -0.4 is 9.64 Å². The summed E-state index contributed by atoms with van der Waals surface area (Å²) in [5.74, 6) is 0.432. The van der Waals surface area contributed by atoms with E-state index in [-0.39, 0.29) is 5.91 Å². The molecule has 0 unspecified atom stereocenters. The summed E-state index contributed by atoms with van der Waals surface area (Å²) >= 11 is 0. The molecule has 3 aromatic rings. The fourth-order valence-corrected chi connectivity index (χ4v) is 3.47. The summed E-state index contributed by atoms with van der Waals surface area (Å²) < 4.78 is 6.70. The number of piperazine rings is 1. The molecule has 3 heterocycles. The minimum Gasteiger partial charge on any atom is -0.480 e. The van der Waals surface area contributed by atoms with Crippen LogP contribution in [0.1, 0.15) is 21.6 Å². The Hall–Kier alpha value is -3.09. The zero-order valence-electron chi connectivity index (χ0n) is 15.8. The molecule has 1 fully saturated rings. The van der Waals surface area contributed by atoms with Gasteiger partial charge in [0.2, 0.25) is 5.88 Å². The van der Waals surface area contributed by atoms with Crippen molar-refractivity contribution in [3.05, 3.63) is 53.3 Å². The van der Waals surface area contributed by atoms with Gasteiger partial charge < -0.3 is 14.5 Å². The van der Waals surface area contributed by atoms with E-state index in [2.05, 4.69) is 47.0 Å². The summed E-state index contributed by atoms with van der Waals surface area (Å²) in [6.45, 7) is 7.27. The maximum absolute atomic E-state index is 12.9. The van der Waals surface area contributed by atoms with Crippen LogP contribution in [-0.4, -0.2) is 58.7 Å². The number of carbonyl (C=O) groups is 1. The Kier molecular flexibility index (Phi) is 4.43. The number of anilines is 1. The van der Waals surface area contributed by atoms with Crippen molar-refractivity contribution < 1.29 is 9.53 Å². The summed E-state index contributed by atoms with van der Waals surface area (Å²) in [6, 6.07) is 9.90. The molecule has 1 aromatic carbocycles. The van der Waals surface area contributed by atoms with Crippen molar-refractivity contribution in [2.24, 2.45) is 0 Å². The maximum Gasteiger partial charge on any atom is 0.274 e. The van der Waals surface area contributed by atoms with Gasteiger partial charge in [0.05, 0.1) is 13.3 Å². The Morgan fingerprint density at radius 3 is 2.59 bits per heavy atom. The van der Waals surface area contributed by atoms with Crippen LogP contribution in [0.5, 0.6) is 5.88 Å². The highest BCUT2D eigenvalue weighted by atomic mass is 16.5. The van der Waals surface area contributed by atoms with Crippen molar-refractivity contribution in [3.8, 4) is 5.88 Å². The number of benzene rings is 1. The number of aromatic nitrogens is 3. The van der Waals surface area contributed by atoms with Crippen molar-refractivity contribution >= 4 is 17.2 Å². The number of imidazole rings is 1. The first kappa shape index (κ1) is 17.3. The van der Waals surface area contributed by atoms with Crippen molar-refractivity contribution in [2.75, 3.05) is 38.2 Å². The molecule has 0 radical (unpaired) electrons. The zero-order chi connectivity index (χ0) is 19.0. The average molecular weight is 365 g/mol. The van der Waals surface area contributed by atoms with Crippen molar-refractivity contribution in [2.45, 2.75) is 13.8 Å². The van der Waals surface area contributed by atoms with Crippen LogP contribution in [0.4, 0.5) is 5.69 Å². The second-order valence-electron chi connectivity index (χ2n) is 6.80. The molecular weight excluding hydrogens is 342 g/mol. The molecule has 1 amide bonds. The van der Waals surface area contributed by atoms with Crippen LogP contribution in [0.2, 0.25) is 0 Å². The number of hydrogen-bond acceptors (Lipinski definition) is 5. The van der Waals surface area contributed by atoms with Crippen molar-refractivity contribution in [3.63, 3.8) is 0 Å². The lowest BCUT2D eigenvalue weighted by Crippen LogP contribution is -2.49. The summed E-state index contributed by atoms with van der Waals surface area (Å²) in [4.78, 5) is 21.5. The van der Waals surface area contributed by atoms with E-state index in [0.717, 1.165) is 13.1 Å². The van der Waals surface area contributed by atoms with Gasteiger partial charge in [0, 0.05) is 37.9 Å². The highest BCUT2D eigenvalue weighted by molar-refractivity contribution is 5.93. The number of ether oxygens (including phenoxy) is 1. The van der Waals surface area contributed by atoms with E-state index in [1.165, 1.54) is 16.8 Å². The maximum atomic E-state index is 12.9. The normalized spacial score (nSPS) is 14.6. The minimum absolute atomic E-state index is 0.0555. The van der Waals surface area contributed by atoms with Crippen LogP contribution in [0.15, 0.2) is 36.5 Å². The van der Waals surface area contributed by atoms with E-state index in [1.807, 2.05) is 4.90 Å². The highest BCUT2D eigenvalue weighted by Crippen LogP contribution is 2.24. The molecule has 1 saturated heterocycles. The van der Waals surface area contributed by atoms with Gasteiger partial charge in [-0.05, 0) is 37.1 Å². The molecule has 4 rings (SSSR count). The van der Waals surface area contributed by atoms with Crippen LogP contribution in [0, 0.1) is 13.8 Å². The Morgan fingerprint density at radius 2 is 1.85 bits per heavy atom. The molecule has 0 N–H and O–H groups in total. The van der Waals surface area contributed by atoms with Gasteiger partial charge in [-0.1, -0.05) is 12.1 Å². The van der Waals surface area contributed by atoms with Gasteiger partial charge in [-0.15, -0.1) is 5.10 Å². The molecule has 27 heavy (non-hydrogen) atoms. The minimum atomic E-state index is -0.0555. The fourth-order valence-electron chi connectivity index (χ4n) is 3.47. The third-order valence-corrected chi connectivity index (χ3v) is 5.21. The van der Waals surface area contributed by atoms with E-state index in [1.54, 1.807) is 30.0 Å². The van der Waals surface area contributed by atoms with E-state index < -0.39 is 0 Å². The average Bonchev–Trinajstić information content (AvgIpc) is 3.13. The number of methoxy groups -OCH3 is 1. The quantitative estimate of drug-likeness (QED) is 0.713. The monoisotopic (exact) mass is 365 g/mol. The molecule has 7 heteroatoms. The van der Waals surface area contributed by atoms with Crippen LogP contribution in [-0.2, 0) is 0 Å². The van der Waals surface area contributed by atoms with Gasteiger partial charge in [0.15, 0.2) is 5.65 Å². The number of aryl methyl sites for hydroxylation is 1. The Morgan fingerprint density at radius 1 is 1.07 bits per heavy atom. The molecule has 0 spiro atoms. The first-order valence-corrected chi connectivity index (χ1v) is 9.07. The number of carbonyl (C=O) groups excluding carboxylic acids is 1. The number of hydrogen-bond donors (Lipinski definition) is 0. The molecule has 2 aromatic heterocycles. The van der Waals surface area contributed by atoms with Gasteiger partial charge in [0.1, 0.15) is 5.69 Å². The molecule has 0 aliphatic carbocycles. The fraction of sp³-hybridized carbons (Fsp3) is 0.350. The molecule has 140 valence electrons. The zero-order valence-corrected chi connectivity index (χ0v) is 15.8. The second-order valence-corrected chi connectivity index (χ2v) is 6.80. The molecular formula is C20H23N5O2. The largest absolute Gasteiger partial charge is 0.480 e. The molecule has 1 aliphatic heterocycles. The first-order valence-electron chi connectivity index (χ1n) is 9.07. The number of rotatable bonds is 3. The standard InChI is InChI=1S/C20H23N5O2/c1-14-5-4-6-17(15(14)2)23-9-11-24(12-10-23)20(26)16-13-25-18(21-16)7-8-19(22-25)27-3/h4-8,13H,9-12H2,1-3H3. The number of amides is 1. The lowest BCUT2D eigenvalue weighted by Gasteiger charge is -2.36. The van der Waals surface area contributed by atoms with Gasteiger partial charge >= 0.3 is 0 Å². The van der Waals surface area contributed by atoms with E-state index >= 15 is 0 Å². The van der Waals surface area contributed by atoms with Gasteiger partial charge in [-0.3, -0.25) is 4.79 Å². The SMILES string of the molecule is COc1ccc2nc(C(=O)N3CCN(c4cccc(C)c4C)CC3)cn2n1. The summed E-state index contributed by atoms with van der Waals surface area (Å²) in [5, 5.41) is 4.26. The molecule has 0 saturated carbocycles. The number of fused-ring (bicyclic) bond motifs is 1. The molecule has 7 nitrogen and oxygen atoms in total. The van der Waals surface area contributed by atoms with Gasteiger partial charge in [-0.25, -0.2) is 9.50 Å². The van der Waals surface area contributed by atoms with Crippen molar-refractivity contribution in [1.82, 2.24) is 19.5 Å². The third kappa shape index (κ3) is 3.20.